The highest BCUT2D eigenvalue weighted by atomic mass is 32.1. The molecular weight excluding hydrogens is 352 g/mol. The average molecular weight is 373 g/mol. The minimum atomic E-state index is 0.0102. The van der Waals surface area contributed by atoms with Gasteiger partial charge in [-0.2, -0.15) is 0 Å². The summed E-state index contributed by atoms with van der Waals surface area (Å²) in [6, 6.07) is 14.5. The smallest absolute Gasteiger partial charge is 0.261 e. The number of rotatable bonds is 5. The predicted molar refractivity (Wildman–Crippen MR) is 104 cm³/mol. The molecule has 1 amide bonds. The number of carbonyl (C=O) groups is 1. The molecule has 6 heteroatoms. The molecule has 1 N–H and O–H groups in total. The summed E-state index contributed by atoms with van der Waals surface area (Å²) in [5.74, 6) is 0.0102. The fraction of sp³-hybridized carbons (Fsp3) is 0.316. The van der Waals surface area contributed by atoms with E-state index in [2.05, 4.69) is 33.8 Å². The van der Waals surface area contributed by atoms with E-state index in [9.17, 15) is 4.79 Å². The van der Waals surface area contributed by atoms with Gasteiger partial charge < -0.3 is 10.1 Å². The Morgan fingerprint density at radius 2 is 2.04 bits per heavy atom. The van der Waals surface area contributed by atoms with Crippen LogP contribution in [0.3, 0.4) is 0 Å². The van der Waals surface area contributed by atoms with Gasteiger partial charge in [-0.1, -0.05) is 24.3 Å². The highest BCUT2D eigenvalue weighted by molar-refractivity contribution is 7.20. The average Bonchev–Trinajstić information content (AvgIpc) is 3.32. The Balaban J connectivity index is 1.47. The van der Waals surface area contributed by atoms with Crippen LogP contribution in [0.5, 0.6) is 0 Å². The maximum Gasteiger partial charge on any atom is 0.261 e. The van der Waals surface area contributed by atoms with E-state index in [1.165, 1.54) is 4.88 Å². The number of thiophene rings is 2. The summed E-state index contributed by atoms with van der Waals surface area (Å²) < 4.78 is 6.62. The lowest BCUT2D eigenvalue weighted by molar-refractivity contribution is 0.0169. The third-order valence-electron chi connectivity index (χ3n) is 4.46. The van der Waals surface area contributed by atoms with Crippen LogP contribution in [0.25, 0.3) is 10.1 Å². The molecule has 130 valence electrons. The number of nitrogens with one attached hydrogen (secondary N) is 1. The van der Waals surface area contributed by atoms with Crippen LogP contribution in [0.15, 0.2) is 47.8 Å². The second-order valence-corrected chi connectivity index (χ2v) is 8.10. The lowest BCUT2D eigenvalue weighted by Crippen LogP contribution is -2.43. The highest BCUT2D eigenvalue weighted by Crippen LogP contribution is 2.27. The van der Waals surface area contributed by atoms with Crippen molar-refractivity contribution in [2.75, 3.05) is 32.8 Å². The summed E-state index contributed by atoms with van der Waals surface area (Å²) in [5.41, 5.74) is 0. The number of amides is 1. The van der Waals surface area contributed by atoms with E-state index in [-0.39, 0.29) is 11.9 Å². The zero-order valence-electron chi connectivity index (χ0n) is 13.8. The Labute approximate surface area is 155 Å². The number of morpholine rings is 1. The summed E-state index contributed by atoms with van der Waals surface area (Å²) in [4.78, 5) is 17.1. The Bertz CT molecular complexity index is 805. The Morgan fingerprint density at radius 1 is 1.20 bits per heavy atom. The van der Waals surface area contributed by atoms with Crippen LogP contribution in [0.1, 0.15) is 20.6 Å². The van der Waals surface area contributed by atoms with Crippen molar-refractivity contribution in [3.63, 3.8) is 0 Å². The van der Waals surface area contributed by atoms with Gasteiger partial charge in [0.2, 0.25) is 0 Å². The zero-order chi connectivity index (χ0) is 17.1. The third kappa shape index (κ3) is 3.77. The molecule has 1 fully saturated rings. The molecule has 0 spiro atoms. The zero-order valence-corrected chi connectivity index (χ0v) is 15.4. The molecule has 2 aromatic heterocycles. The first kappa shape index (κ1) is 16.7. The second-order valence-electron chi connectivity index (χ2n) is 6.04. The van der Waals surface area contributed by atoms with Gasteiger partial charge in [0.15, 0.2) is 0 Å². The van der Waals surface area contributed by atoms with Gasteiger partial charge in [-0.3, -0.25) is 9.69 Å². The quantitative estimate of drug-likeness (QED) is 0.741. The van der Waals surface area contributed by atoms with Gasteiger partial charge in [-0.25, -0.2) is 0 Å². The van der Waals surface area contributed by atoms with Crippen LogP contribution in [-0.4, -0.2) is 43.7 Å². The van der Waals surface area contributed by atoms with E-state index in [1.807, 2.05) is 24.3 Å². The Kier molecular flexibility index (Phi) is 5.12. The van der Waals surface area contributed by atoms with Crippen LogP contribution >= 0.6 is 22.7 Å². The van der Waals surface area contributed by atoms with E-state index in [0.717, 1.165) is 41.3 Å². The van der Waals surface area contributed by atoms with Crippen molar-refractivity contribution in [2.24, 2.45) is 0 Å². The van der Waals surface area contributed by atoms with Crippen LogP contribution in [0.2, 0.25) is 0 Å². The minimum Gasteiger partial charge on any atom is -0.379 e. The summed E-state index contributed by atoms with van der Waals surface area (Å²) in [5, 5.41) is 6.36. The van der Waals surface area contributed by atoms with Crippen molar-refractivity contribution >= 4 is 38.7 Å². The van der Waals surface area contributed by atoms with Gasteiger partial charge in [0.1, 0.15) is 0 Å². The molecule has 0 saturated carbocycles. The summed E-state index contributed by atoms with van der Waals surface area (Å²) in [7, 11) is 0. The maximum absolute atomic E-state index is 12.6. The molecule has 0 aliphatic carbocycles. The summed E-state index contributed by atoms with van der Waals surface area (Å²) >= 11 is 3.29. The number of carbonyl (C=O) groups excluding carboxylic acids is 1. The predicted octanol–water partition coefficient (Wildman–Crippen LogP) is 3.77. The monoisotopic (exact) mass is 372 g/mol. The molecule has 1 atom stereocenters. The number of hydrogen-bond donors (Lipinski definition) is 1. The van der Waals surface area contributed by atoms with Crippen LogP contribution in [0, 0.1) is 0 Å². The van der Waals surface area contributed by atoms with Gasteiger partial charge in [-0.15, -0.1) is 22.7 Å². The molecule has 1 saturated heterocycles. The molecule has 3 heterocycles. The van der Waals surface area contributed by atoms with Crippen LogP contribution in [0.4, 0.5) is 0 Å². The number of nitrogens with zero attached hydrogens (tertiary/aromatic N) is 1. The SMILES string of the molecule is O=C(NC[C@@H](c1cccs1)N1CCOCC1)c1cc2ccccc2s1. The number of fused-ring (bicyclic) bond motifs is 1. The fourth-order valence-corrected chi connectivity index (χ4v) is 4.99. The van der Waals surface area contributed by atoms with Crippen LogP contribution < -0.4 is 5.32 Å². The van der Waals surface area contributed by atoms with Crippen molar-refractivity contribution in [3.8, 4) is 0 Å². The van der Waals surface area contributed by atoms with Crippen molar-refractivity contribution in [1.82, 2.24) is 10.2 Å². The molecule has 3 aromatic rings. The van der Waals surface area contributed by atoms with E-state index in [1.54, 1.807) is 22.7 Å². The van der Waals surface area contributed by atoms with Gasteiger partial charge in [-0.05, 0) is 29.0 Å². The molecule has 4 rings (SSSR count). The summed E-state index contributed by atoms with van der Waals surface area (Å²) in [6.45, 7) is 3.94. The highest BCUT2D eigenvalue weighted by Gasteiger charge is 2.24. The molecule has 4 nitrogen and oxygen atoms in total. The summed E-state index contributed by atoms with van der Waals surface area (Å²) in [6.07, 6.45) is 0. The van der Waals surface area contributed by atoms with Gasteiger partial charge >= 0.3 is 0 Å². The Morgan fingerprint density at radius 3 is 2.80 bits per heavy atom. The Hall–Kier alpha value is -1.73. The molecule has 0 bridgehead atoms. The minimum absolute atomic E-state index is 0.0102. The first-order valence-electron chi connectivity index (χ1n) is 8.43. The maximum atomic E-state index is 12.6. The largest absolute Gasteiger partial charge is 0.379 e. The number of ether oxygens (including phenoxy) is 1. The second kappa shape index (κ2) is 7.66. The standard InChI is InChI=1S/C19H20N2O2S2/c22-19(18-12-14-4-1-2-5-16(14)25-18)20-13-15(17-6-3-11-24-17)21-7-9-23-10-8-21/h1-6,11-12,15H,7-10,13H2,(H,20,22)/t15-/m0/s1. The molecule has 0 unspecified atom stereocenters. The van der Waals surface area contributed by atoms with Crippen molar-refractivity contribution in [3.05, 3.63) is 57.6 Å². The molecule has 1 aromatic carbocycles. The lowest BCUT2D eigenvalue weighted by Gasteiger charge is -2.34. The topological polar surface area (TPSA) is 41.6 Å². The first-order valence-corrected chi connectivity index (χ1v) is 10.1. The van der Waals surface area contributed by atoms with E-state index >= 15 is 0 Å². The van der Waals surface area contributed by atoms with E-state index < -0.39 is 0 Å². The molecule has 1 aliphatic heterocycles. The van der Waals surface area contributed by atoms with Crippen LogP contribution in [-0.2, 0) is 4.74 Å². The van der Waals surface area contributed by atoms with Gasteiger partial charge in [0.25, 0.3) is 5.91 Å². The lowest BCUT2D eigenvalue weighted by atomic mass is 10.2. The fourth-order valence-electron chi connectivity index (χ4n) is 3.15. The van der Waals surface area contributed by atoms with Gasteiger partial charge in [0.05, 0.1) is 24.1 Å². The molecular formula is C19H20N2O2S2. The van der Waals surface area contributed by atoms with Crippen molar-refractivity contribution in [1.29, 1.82) is 0 Å². The number of benzene rings is 1. The molecule has 1 aliphatic rings. The van der Waals surface area contributed by atoms with E-state index in [4.69, 9.17) is 4.74 Å². The van der Waals surface area contributed by atoms with E-state index in [0.29, 0.717) is 6.54 Å². The van der Waals surface area contributed by atoms with Crippen molar-refractivity contribution in [2.45, 2.75) is 6.04 Å². The first-order chi connectivity index (χ1) is 12.3. The molecule has 0 radical (unpaired) electrons. The van der Waals surface area contributed by atoms with Gasteiger partial charge in [0, 0.05) is 29.2 Å². The van der Waals surface area contributed by atoms with Crippen molar-refractivity contribution < 1.29 is 9.53 Å². The number of hydrogen-bond acceptors (Lipinski definition) is 5. The normalized spacial score (nSPS) is 16.8. The third-order valence-corrected chi connectivity index (χ3v) is 6.55. The molecule has 25 heavy (non-hydrogen) atoms.